The minimum Gasteiger partial charge on any atom is -0.271 e. The summed E-state index contributed by atoms with van der Waals surface area (Å²) in [4.78, 5) is 1.43. The molecule has 0 saturated carbocycles. The Kier molecular flexibility index (Phi) is 3.90. The van der Waals surface area contributed by atoms with Crippen LogP contribution in [0.2, 0.25) is 5.02 Å². The van der Waals surface area contributed by atoms with E-state index < -0.39 is 0 Å². The molecule has 2 rings (SSSR count). The molecule has 1 heterocycles. The molecule has 0 fully saturated rings. The van der Waals surface area contributed by atoms with Gasteiger partial charge in [-0.25, -0.2) is 0 Å². The third kappa shape index (κ3) is 2.84. The van der Waals surface area contributed by atoms with Gasteiger partial charge in [0, 0.05) is 11.4 Å². The van der Waals surface area contributed by atoms with E-state index in [1.807, 2.05) is 25.1 Å². The molecular formula is C11H15ClN6. The first-order valence-corrected chi connectivity index (χ1v) is 5.93. The monoisotopic (exact) mass is 266 g/mol. The minimum absolute atomic E-state index is 0.0647. The lowest BCUT2D eigenvalue weighted by Gasteiger charge is -2.15. The molecular weight excluding hydrogens is 252 g/mol. The van der Waals surface area contributed by atoms with Crippen LogP contribution in [0.4, 0.5) is 0 Å². The fourth-order valence-corrected chi connectivity index (χ4v) is 1.86. The van der Waals surface area contributed by atoms with E-state index in [0.717, 1.165) is 16.1 Å². The molecule has 1 aromatic heterocycles. The molecule has 0 radical (unpaired) electrons. The number of aryl methyl sites for hydroxylation is 2. The first-order valence-electron chi connectivity index (χ1n) is 5.55. The van der Waals surface area contributed by atoms with Gasteiger partial charge < -0.3 is 0 Å². The number of benzene rings is 1. The molecule has 0 saturated heterocycles. The van der Waals surface area contributed by atoms with Crippen molar-refractivity contribution >= 4 is 11.6 Å². The summed E-state index contributed by atoms with van der Waals surface area (Å²) < 4.78 is 0. The van der Waals surface area contributed by atoms with Crippen LogP contribution >= 0.6 is 11.6 Å². The molecule has 0 aliphatic heterocycles. The topological polar surface area (TPSA) is 81.7 Å². The third-order valence-corrected chi connectivity index (χ3v) is 3.15. The number of hydrogen-bond acceptors (Lipinski definition) is 5. The zero-order valence-electron chi connectivity index (χ0n) is 10.3. The number of nitrogens with zero attached hydrogens (tertiary/aromatic N) is 4. The van der Waals surface area contributed by atoms with Gasteiger partial charge in [0.2, 0.25) is 0 Å². The van der Waals surface area contributed by atoms with Crippen molar-refractivity contribution in [3.05, 3.63) is 40.2 Å². The summed E-state index contributed by atoms with van der Waals surface area (Å²) >= 11 is 6.00. The van der Waals surface area contributed by atoms with E-state index in [-0.39, 0.29) is 6.04 Å². The highest BCUT2D eigenvalue weighted by molar-refractivity contribution is 6.31. The van der Waals surface area contributed by atoms with Crippen molar-refractivity contribution in [1.29, 1.82) is 0 Å². The summed E-state index contributed by atoms with van der Waals surface area (Å²) in [5.41, 5.74) is 4.83. The van der Waals surface area contributed by atoms with Gasteiger partial charge >= 0.3 is 0 Å². The zero-order valence-corrected chi connectivity index (χ0v) is 11.0. The molecule has 3 N–H and O–H groups in total. The van der Waals surface area contributed by atoms with Crippen LogP contribution in [0.5, 0.6) is 0 Å². The van der Waals surface area contributed by atoms with Crippen molar-refractivity contribution < 1.29 is 0 Å². The number of aromatic nitrogens is 4. The maximum absolute atomic E-state index is 6.00. The Labute approximate surface area is 110 Å². The Morgan fingerprint density at radius 3 is 2.83 bits per heavy atom. The molecule has 2 aromatic rings. The van der Waals surface area contributed by atoms with Gasteiger partial charge in [0.15, 0.2) is 5.82 Å². The molecule has 1 aromatic carbocycles. The quantitative estimate of drug-likeness (QED) is 0.635. The lowest BCUT2D eigenvalue weighted by Crippen LogP contribution is -2.30. The highest BCUT2D eigenvalue weighted by atomic mass is 35.5. The van der Waals surface area contributed by atoms with Crippen molar-refractivity contribution in [1.82, 2.24) is 25.6 Å². The van der Waals surface area contributed by atoms with Crippen molar-refractivity contribution in [2.45, 2.75) is 19.4 Å². The summed E-state index contributed by atoms with van der Waals surface area (Å²) in [6.07, 6.45) is 0.575. The molecule has 0 amide bonds. The number of hydrazine groups is 1. The van der Waals surface area contributed by atoms with Gasteiger partial charge in [0.05, 0.1) is 13.1 Å². The highest BCUT2D eigenvalue weighted by Gasteiger charge is 2.14. The van der Waals surface area contributed by atoms with Crippen LogP contribution < -0.4 is 11.3 Å². The average molecular weight is 267 g/mol. The molecule has 1 unspecified atom stereocenters. The lowest BCUT2D eigenvalue weighted by atomic mass is 10.0. The van der Waals surface area contributed by atoms with E-state index >= 15 is 0 Å². The molecule has 0 aliphatic rings. The van der Waals surface area contributed by atoms with E-state index in [4.69, 9.17) is 17.4 Å². The maximum Gasteiger partial charge on any atom is 0.176 e. The van der Waals surface area contributed by atoms with Crippen LogP contribution in [0, 0.1) is 6.92 Å². The van der Waals surface area contributed by atoms with Crippen LogP contribution in [0.1, 0.15) is 23.0 Å². The molecule has 1 atom stereocenters. The number of rotatable bonds is 4. The number of halogens is 1. The Morgan fingerprint density at radius 1 is 1.50 bits per heavy atom. The fourth-order valence-electron chi connectivity index (χ4n) is 1.75. The highest BCUT2D eigenvalue weighted by Crippen LogP contribution is 2.22. The normalized spacial score (nSPS) is 12.7. The molecule has 6 nitrogen and oxygen atoms in total. The average Bonchev–Trinajstić information content (AvgIpc) is 2.75. The van der Waals surface area contributed by atoms with E-state index in [2.05, 4.69) is 20.8 Å². The summed E-state index contributed by atoms with van der Waals surface area (Å²) in [6, 6.07) is 5.74. The third-order valence-electron chi connectivity index (χ3n) is 2.72. The predicted octanol–water partition coefficient (Wildman–Crippen LogP) is 0.919. The predicted molar refractivity (Wildman–Crippen MR) is 68.8 cm³/mol. The standard InChI is InChI=1S/C11H15ClN6/c1-7-5-8(3-4-9(7)12)10(14-13)6-11-15-17-18(2)16-11/h3-5,10,14H,6,13H2,1-2H3. The molecule has 0 spiro atoms. The van der Waals surface area contributed by atoms with Crippen LogP contribution in [-0.2, 0) is 13.5 Å². The van der Waals surface area contributed by atoms with Gasteiger partial charge in [0.1, 0.15) is 0 Å². The summed E-state index contributed by atoms with van der Waals surface area (Å²) in [5, 5.41) is 12.6. The number of tetrazole rings is 1. The van der Waals surface area contributed by atoms with Crippen molar-refractivity contribution in [3.8, 4) is 0 Å². The zero-order chi connectivity index (χ0) is 13.1. The van der Waals surface area contributed by atoms with E-state index in [0.29, 0.717) is 12.2 Å². The van der Waals surface area contributed by atoms with Crippen LogP contribution in [0.15, 0.2) is 18.2 Å². The van der Waals surface area contributed by atoms with Crippen LogP contribution in [0.25, 0.3) is 0 Å². The van der Waals surface area contributed by atoms with Gasteiger partial charge in [-0.2, -0.15) is 4.80 Å². The maximum atomic E-state index is 6.00. The second-order valence-electron chi connectivity index (χ2n) is 4.13. The van der Waals surface area contributed by atoms with E-state index in [9.17, 15) is 0 Å². The Morgan fingerprint density at radius 2 is 2.28 bits per heavy atom. The Hall–Kier alpha value is -1.50. The van der Waals surface area contributed by atoms with Crippen LogP contribution in [0.3, 0.4) is 0 Å². The molecule has 18 heavy (non-hydrogen) atoms. The van der Waals surface area contributed by atoms with Gasteiger partial charge in [-0.1, -0.05) is 23.7 Å². The number of hydrogen-bond donors (Lipinski definition) is 2. The summed E-state index contributed by atoms with van der Waals surface area (Å²) in [7, 11) is 1.73. The Bertz CT molecular complexity index is 538. The smallest absolute Gasteiger partial charge is 0.176 e. The molecule has 7 heteroatoms. The van der Waals surface area contributed by atoms with E-state index in [1.54, 1.807) is 7.05 Å². The summed E-state index contributed by atoms with van der Waals surface area (Å²) in [5.74, 6) is 6.23. The van der Waals surface area contributed by atoms with Gasteiger partial charge in [-0.05, 0) is 29.3 Å². The van der Waals surface area contributed by atoms with Crippen LogP contribution in [-0.4, -0.2) is 20.2 Å². The van der Waals surface area contributed by atoms with Crippen molar-refractivity contribution in [2.24, 2.45) is 12.9 Å². The second-order valence-corrected chi connectivity index (χ2v) is 4.53. The molecule has 96 valence electrons. The van der Waals surface area contributed by atoms with E-state index in [1.165, 1.54) is 4.80 Å². The first kappa shape index (κ1) is 12.9. The van der Waals surface area contributed by atoms with Gasteiger partial charge in [-0.15, -0.1) is 10.2 Å². The van der Waals surface area contributed by atoms with Gasteiger partial charge in [0.25, 0.3) is 0 Å². The molecule has 0 bridgehead atoms. The summed E-state index contributed by atoms with van der Waals surface area (Å²) in [6.45, 7) is 1.96. The van der Waals surface area contributed by atoms with Gasteiger partial charge in [-0.3, -0.25) is 11.3 Å². The molecule has 0 aliphatic carbocycles. The van der Waals surface area contributed by atoms with Crippen molar-refractivity contribution in [3.63, 3.8) is 0 Å². The first-order chi connectivity index (χ1) is 8.60. The number of nitrogens with two attached hydrogens (primary N) is 1. The lowest BCUT2D eigenvalue weighted by molar-refractivity contribution is 0.536. The van der Waals surface area contributed by atoms with Crippen molar-refractivity contribution in [2.75, 3.05) is 0 Å². The second kappa shape index (κ2) is 5.43. The number of nitrogens with one attached hydrogen (secondary N) is 1. The Balaban J connectivity index is 2.19. The SMILES string of the molecule is Cc1cc(C(Cc2nnn(C)n2)NN)ccc1Cl. The minimum atomic E-state index is -0.0647. The largest absolute Gasteiger partial charge is 0.271 e. The fraction of sp³-hybridized carbons (Fsp3) is 0.364.